The summed E-state index contributed by atoms with van der Waals surface area (Å²) >= 11 is 5.92. The first-order valence-electron chi connectivity index (χ1n) is 6.85. The summed E-state index contributed by atoms with van der Waals surface area (Å²) in [6.45, 7) is 0. The topological polar surface area (TPSA) is 35.0 Å². The highest BCUT2D eigenvalue weighted by atomic mass is 35.5. The lowest BCUT2D eigenvalue weighted by Gasteiger charge is -2.19. The van der Waals surface area contributed by atoms with Crippen molar-refractivity contribution in [2.75, 3.05) is 5.88 Å². The first-order chi connectivity index (χ1) is 10.4. The molecule has 0 spiro atoms. The maximum atomic E-state index is 6.17. The van der Waals surface area contributed by atoms with Crippen molar-refractivity contribution in [3.05, 3.63) is 66.6 Å². The second kappa shape index (κ2) is 6.55. The number of halogens is 1. The lowest BCUT2D eigenvalue weighted by Crippen LogP contribution is -2.09. The predicted octanol–water partition coefficient (Wildman–Crippen LogP) is 4.38. The number of pyridine rings is 2. The minimum absolute atomic E-state index is 0.0868. The number of aromatic nitrogens is 2. The third kappa shape index (κ3) is 3.14. The highest BCUT2D eigenvalue weighted by Crippen LogP contribution is 2.29. The highest BCUT2D eigenvalue weighted by molar-refractivity contribution is 6.17. The Balaban J connectivity index is 1.95. The highest BCUT2D eigenvalue weighted by Gasteiger charge is 2.14. The van der Waals surface area contributed by atoms with Gasteiger partial charge in [-0.25, -0.2) is 0 Å². The molecule has 1 aromatic carbocycles. The minimum atomic E-state index is -0.0868. The van der Waals surface area contributed by atoms with Gasteiger partial charge in [-0.15, -0.1) is 11.6 Å². The molecule has 0 saturated carbocycles. The van der Waals surface area contributed by atoms with Crippen LogP contribution in [0.4, 0.5) is 0 Å². The Hall–Kier alpha value is -2.13. The molecule has 4 heteroatoms. The van der Waals surface area contributed by atoms with Crippen LogP contribution in [-0.4, -0.2) is 15.8 Å². The largest absolute Gasteiger partial charge is 0.483 e. The molecule has 0 amide bonds. The molecule has 3 rings (SSSR count). The Kier molecular flexibility index (Phi) is 4.31. The van der Waals surface area contributed by atoms with E-state index in [-0.39, 0.29) is 6.10 Å². The molecule has 2 heterocycles. The summed E-state index contributed by atoms with van der Waals surface area (Å²) in [7, 11) is 0. The van der Waals surface area contributed by atoms with E-state index in [1.165, 1.54) is 0 Å². The molecule has 1 atom stereocenters. The van der Waals surface area contributed by atoms with Crippen LogP contribution in [0.25, 0.3) is 10.9 Å². The number of benzene rings is 1. The molecule has 0 N–H and O–H groups in total. The zero-order chi connectivity index (χ0) is 14.5. The quantitative estimate of drug-likeness (QED) is 0.656. The van der Waals surface area contributed by atoms with Gasteiger partial charge in [0.2, 0.25) is 0 Å². The Morgan fingerprint density at radius 2 is 1.90 bits per heavy atom. The van der Waals surface area contributed by atoms with Crippen molar-refractivity contribution in [1.82, 2.24) is 9.97 Å². The molecule has 0 unspecified atom stereocenters. The van der Waals surface area contributed by atoms with E-state index in [9.17, 15) is 0 Å². The van der Waals surface area contributed by atoms with Gasteiger partial charge >= 0.3 is 0 Å². The molecule has 0 aliphatic heterocycles. The number of fused-ring (bicyclic) bond motifs is 1. The number of nitrogens with zero attached hydrogens (tertiary/aromatic N) is 2. The first kappa shape index (κ1) is 13.8. The van der Waals surface area contributed by atoms with Gasteiger partial charge in [-0.05, 0) is 17.7 Å². The predicted molar refractivity (Wildman–Crippen MR) is 84.7 cm³/mol. The van der Waals surface area contributed by atoms with E-state index in [4.69, 9.17) is 16.3 Å². The van der Waals surface area contributed by atoms with E-state index in [2.05, 4.69) is 9.97 Å². The number of ether oxygens (including phenoxy) is 1. The van der Waals surface area contributed by atoms with Crippen LogP contribution in [-0.2, 0) is 0 Å². The van der Waals surface area contributed by atoms with Crippen molar-refractivity contribution in [2.24, 2.45) is 0 Å². The monoisotopic (exact) mass is 298 g/mol. The van der Waals surface area contributed by atoms with Crippen LogP contribution in [0.2, 0.25) is 0 Å². The van der Waals surface area contributed by atoms with E-state index < -0.39 is 0 Å². The van der Waals surface area contributed by atoms with Crippen molar-refractivity contribution in [1.29, 1.82) is 0 Å². The average molecular weight is 299 g/mol. The van der Waals surface area contributed by atoms with Crippen LogP contribution >= 0.6 is 11.6 Å². The standard InChI is InChI=1S/C17H15ClN2O/c18-9-8-16(13-5-2-1-3-6-13)21-17-12-19-11-15-14(17)7-4-10-20-15/h1-7,10-12,16H,8-9H2/t16-/m1/s1. The second-order valence-electron chi connectivity index (χ2n) is 4.70. The number of hydrogen-bond acceptors (Lipinski definition) is 3. The van der Waals surface area contributed by atoms with Crippen LogP contribution in [0.5, 0.6) is 5.75 Å². The van der Waals surface area contributed by atoms with Gasteiger partial charge in [0.05, 0.1) is 17.9 Å². The molecule has 0 fully saturated rings. The van der Waals surface area contributed by atoms with E-state index in [1.54, 1.807) is 18.6 Å². The fraction of sp³-hybridized carbons (Fsp3) is 0.176. The van der Waals surface area contributed by atoms with E-state index in [0.29, 0.717) is 5.88 Å². The summed E-state index contributed by atoms with van der Waals surface area (Å²) in [5.41, 5.74) is 1.94. The van der Waals surface area contributed by atoms with Crippen molar-refractivity contribution in [3.63, 3.8) is 0 Å². The lowest BCUT2D eigenvalue weighted by atomic mass is 10.1. The fourth-order valence-corrected chi connectivity index (χ4v) is 2.48. The zero-order valence-corrected chi connectivity index (χ0v) is 12.2. The summed E-state index contributed by atoms with van der Waals surface area (Å²) in [6, 6.07) is 14.0. The average Bonchev–Trinajstić information content (AvgIpc) is 2.55. The van der Waals surface area contributed by atoms with Gasteiger partial charge in [0.15, 0.2) is 0 Å². The third-order valence-corrected chi connectivity index (χ3v) is 3.52. The molecule has 106 valence electrons. The molecule has 0 radical (unpaired) electrons. The zero-order valence-electron chi connectivity index (χ0n) is 11.4. The molecular weight excluding hydrogens is 284 g/mol. The summed E-state index contributed by atoms with van der Waals surface area (Å²) in [4.78, 5) is 8.50. The van der Waals surface area contributed by atoms with Gasteiger partial charge in [-0.3, -0.25) is 9.97 Å². The Bertz CT molecular complexity index is 713. The van der Waals surface area contributed by atoms with Crippen LogP contribution in [0.3, 0.4) is 0 Å². The van der Waals surface area contributed by atoms with Gasteiger partial charge in [0, 0.05) is 23.9 Å². The van der Waals surface area contributed by atoms with E-state index >= 15 is 0 Å². The molecule has 3 aromatic rings. The molecule has 21 heavy (non-hydrogen) atoms. The molecule has 0 aliphatic rings. The van der Waals surface area contributed by atoms with Gasteiger partial charge in [0.1, 0.15) is 11.9 Å². The van der Waals surface area contributed by atoms with Crippen LogP contribution < -0.4 is 4.74 Å². The molecule has 3 nitrogen and oxygen atoms in total. The molecule has 0 bridgehead atoms. The van der Waals surface area contributed by atoms with Gasteiger partial charge in [-0.2, -0.15) is 0 Å². The summed E-state index contributed by atoms with van der Waals surface area (Å²) < 4.78 is 6.17. The van der Waals surface area contributed by atoms with Crippen molar-refractivity contribution < 1.29 is 4.74 Å². The first-order valence-corrected chi connectivity index (χ1v) is 7.38. The molecular formula is C17H15ClN2O. The number of alkyl halides is 1. The molecule has 0 saturated heterocycles. The number of rotatable bonds is 5. The SMILES string of the molecule is ClCC[C@@H](Oc1cncc2ncccc12)c1ccccc1. The fourth-order valence-electron chi connectivity index (χ4n) is 2.28. The van der Waals surface area contributed by atoms with Crippen LogP contribution in [0.1, 0.15) is 18.1 Å². The van der Waals surface area contributed by atoms with Crippen molar-refractivity contribution in [3.8, 4) is 5.75 Å². The van der Waals surface area contributed by atoms with Crippen molar-refractivity contribution >= 4 is 22.5 Å². The lowest BCUT2D eigenvalue weighted by molar-refractivity contribution is 0.204. The smallest absolute Gasteiger partial charge is 0.147 e. The Morgan fingerprint density at radius 1 is 1.05 bits per heavy atom. The summed E-state index contributed by atoms with van der Waals surface area (Å²) in [5.74, 6) is 1.27. The number of hydrogen-bond donors (Lipinski definition) is 0. The van der Waals surface area contributed by atoms with Gasteiger partial charge in [-0.1, -0.05) is 30.3 Å². The Labute approximate surface area is 128 Å². The minimum Gasteiger partial charge on any atom is -0.483 e. The second-order valence-corrected chi connectivity index (χ2v) is 5.08. The summed E-state index contributed by atoms with van der Waals surface area (Å²) in [5, 5.41) is 0.961. The Morgan fingerprint density at radius 3 is 2.71 bits per heavy atom. The maximum Gasteiger partial charge on any atom is 0.147 e. The summed E-state index contributed by atoms with van der Waals surface area (Å²) in [6.07, 6.45) is 5.87. The van der Waals surface area contributed by atoms with Crippen molar-refractivity contribution in [2.45, 2.75) is 12.5 Å². The van der Waals surface area contributed by atoms with Crippen LogP contribution in [0.15, 0.2) is 61.1 Å². The normalized spacial score (nSPS) is 12.2. The van der Waals surface area contributed by atoms with Crippen LogP contribution in [0, 0.1) is 0 Å². The van der Waals surface area contributed by atoms with E-state index in [1.807, 2.05) is 42.5 Å². The molecule has 2 aromatic heterocycles. The molecule has 0 aliphatic carbocycles. The maximum absolute atomic E-state index is 6.17. The van der Waals surface area contributed by atoms with Gasteiger partial charge < -0.3 is 4.74 Å². The van der Waals surface area contributed by atoms with Gasteiger partial charge in [0.25, 0.3) is 0 Å². The van der Waals surface area contributed by atoms with E-state index in [0.717, 1.165) is 28.6 Å². The third-order valence-electron chi connectivity index (χ3n) is 3.30.